The molecular formula is C17H36N3O7P. The van der Waals surface area contributed by atoms with Crippen LogP contribution in [0.15, 0.2) is 0 Å². The molecule has 0 radical (unpaired) electrons. The van der Waals surface area contributed by atoms with Crippen LogP contribution < -0.4 is 0 Å². The number of ether oxygens (including phenoxy) is 3. The van der Waals surface area contributed by atoms with E-state index in [0.717, 1.165) is 6.42 Å². The first kappa shape index (κ1) is 25.3. The Labute approximate surface area is 168 Å². The Morgan fingerprint density at radius 2 is 1.64 bits per heavy atom. The van der Waals surface area contributed by atoms with Crippen LogP contribution in [-0.2, 0) is 23.3 Å². The fraction of sp³-hybridized carbons (Fsp3) is 0.941. The Morgan fingerprint density at radius 3 is 2.18 bits per heavy atom. The molecule has 0 aromatic rings. The third-order valence-corrected chi connectivity index (χ3v) is 7.09. The van der Waals surface area contributed by atoms with Crippen molar-refractivity contribution >= 4 is 13.8 Å². The Balaban J connectivity index is 2.32. The molecular weight excluding hydrogens is 389 g/mol. The fourth-order valence-corrected chi connectivity index (χ4v) is 4.65. The number of carbonyl (C=O) groups excluding carboxylic acids is 1. The molecule has 0 aromatic carbocycles. The molecule has 0 aromatic heterocycles. The summed E-state index contributed by atoms with van der Waals surface area (Å²) in [6.07, 6.45) is 0.271. The summed E-state index contributed by atoms with van der Waals surface area (Å²) in [6, 6.07) is 0. The van der Waals surface area contributed by atoms with Crippen LogP contribution in [0.1, 0.15) is 20.3 Å². The maximum atomic E-state index is 13.3. The molecule has 0 aliphatic carbocycles. The van der Waals surface area contributed by atoms with E-state index in [1.165, 1.54) is 0 Å². The summed E-state index contributed by atoms with van der Waals surface area (Å²) in [5.41, 5.74) is 0. The minimum absolute atomic E-state index is 0.0152. The highest BCUT2D eigenvalue weighted by atomic mass is 31.2. The first-order valence-electron chi connectivity index (χ1n) is 9.74. The molecule has 0 bridgehead atoms. The van der Waals surface area contributed by atoms with Crippen molar-refractivity contribution in [2.75, 3.05) is 79.9 Å². The van der Waals surface area contributed by atoms with Crippen LogP contribution in [0.3, 0.4) is 0 Å². The summed E-state index contributed by atoms with van der Waals surface area (Å²) in [6.45, 7) is 7.15. The van der Waals surface area contributed by atoms with Crippen molar-refractivity contribution in [2.24, 2.45) is 0 Å². The number of amides is 1. The van der Waals surface area contributed by atoms with E-state index < -0.39 is 13.8 Å². The summed E-state index contributed by atoms with van der Waals surface area (Å²) in [7, 11) is 0.399. The lowest BCUT2D eigenvalue weighted by molar-refractivity contribution is 0.0126. The summed E-state index contributed by atoms with van der Waals surface area (Å²) in [5, 5.41) is 8.57. The van der Waals surface area contributed by atoms with Crippen molar-refractivity contribution in [1.82, 2.24) is 14.2 Å². The SMILES string of the molecule is CCC(C)OP(=O)(N(C)C)N1CCN(C(=O)OCCOCCOCCO)CC1. The van der Waals surface area contributed by atoms with Gasteiger partial charge in [-0.25, -0.2) is 14.1 Å². The average Bonchev–Trinajstić information content (AvgIpc) is 2.69. The highest BCUT2D eigenvalue weighted by Crippen LogP contribution is 2.54. The van der Waals surface area contributed by atoms with Gasteiger partial charge in [0.15, 0.2) is 0 Å². The van der Waals surface area contributed by atoms with E-state index in [1.807, 2.05) is 18.5 Å². The zero-order valence-electron chi connectivity index (χ0n) is 17.5. The maximum Gasteiger partial charge on any atom is 0.409 e. The standard InChI is InChI=1S/C17H36N3O7P/c1-5-16(2)27-28(23,18(3)4)20-8-6-19(7-9-20)17(22)26-15-14-25-13-12-24-11-10-21/h16,21H,5-15H2,1-4H3. The molecule has 1 saturated heterocycles. The number of aliphatic hydroxyl groups is 1. The second-order valence-electron chi connectivity index (χ2n) is 6.67. The molecule has 1 amide bonds. The van der Waals surface area contributed by atoms with Gasteiger partial charge >= 0.3 is 13.8 Å². The number of hydrogen-bond donors (Lipinski definition) is 1. The third kappa shape index (κ3) is 8.32. The van der Waals surface area contributed by atoms with E-state index in [0.29, 0.717) is 39.4 Å². The zero-order valence-corrected chi connectivity index (χ0v) is 18.4. The highest BCUT2D eigenvalue weighted by molar-refractivity contribution is 7.53. The molecule has 0 spiro atoms. The van der Waals surface area contributed by atoms with Gasteiger partial charge in [0.1, 0.15) is 6.61 Å². The highest BCUT2D eigenvalue weighted by Gasteiger charge is 2.38. The normalized spacial score (nSPS) is 18.9. The quantitative estimate of drug-likeness (QED) is 0.345. The minimum atomic E-state index is -3.10. The molecule has 0 saturated carbocycles. The lowest BCUT2D eigenvalue weighted by atomic mass is 10.3. The van der Waals surface area contributed by atoms with E-state index in [4.69, 9.17) is 23.8 Å². The van der Waals surface area contributed by atoms with Crippen molar-refractivity contribution in [1.29, 1.82) is 0 Å². The summed E-state index contributed by atoms with van der Waals surface area (Å²) in [5.74, 6) is 0. The monoisotopic (exact) mass is 425 g/mol. The Hall–Kier alpha value is -0.740. The van der Waals surface area contributed by atoms with Crippen molar-refractivity contribution < 1.29 is 33.2 Å². The van der Waals surface area contributed by atoms with Crippen molar-refractivity contribution in [2.45, 2.75) is 26.4 Å². The van der Waals surface area contributed by atoms with Gasteiger partial charge in [0.2, 0.25) is 0 Å². The van der Waals surface area contributed by atoms with Crippen LogP contribution in [0.4, 0.5) is 4.79 Å². The third-order valence-electron chi connectivity index (χ3n) is 4.33. The molecule has 1 rings (SSSR count). The molecule has 166 valence electrons. The van der Waals surface area contributed by atoms with Gasteiger partial charge in [0.25, 0.3) is 0 Å². The predicted molar refractivity (Wildman–Crippen MR) is 105 cm³/mol. The van der Waals surface area contributed by atoms with Gasteiger partial charge in [0.05, 0.1) is 39.1 Å². The van der Waals surface area contributed by atoms with E-state index >= 15 is 0 Å². The van der Waals surface area contributed by atoms with Crippen molar-refractivity contribution in [3.63, 3.8) is 0 Å². The molecule has 2 unspecified atom stereocenters. The Bertz CT molecular complexity index is 487. The number of hydrogen-bond acceptors (Lipinski definition) is 7. The van der Waals surface area contributed by atoms with Crippen LogP contribution >= 0.6 is 7.67 Å². The van der Waals surface area contributed by atoms with Crippen LogP contribution in [0.5, 0.6) is 0 Å². The van der Waals surface area contributed by atoms with Gasteiger partial charge < -0.3 is 28.7 Å². The summed E-state index contributed by atoms with van der Waals surface area (Å²) in [4.78, 5) is 13.8. The molecule has 11 heteroatoms. The summed E-state index contributed by atoms with van der Waals surface area (Å²) >= 11 is 0. The fourth-order valence-electron chi connectivity index (χ4n) is 2.52. The maximum absolute atomic E-state index is 13.3. The zero-order chi connectivity index (χ0) is 21.0. The van der Waals surface area contributed by atoms with Crippen molar-refractivity contribution in [3.8, 4) is 0 Å². The number of rotatable bonds is 13. The minimum Gasteiger partial charge on any atom is -0.447 e. The van der Waals surface area contributed by atoms with Crippen LogP contribution in [0.25, 0.3) is 0 Å². The first-order valence-corrected chi connectivity index (χ1v) is 11.3. The lowest BCUT2D eigenvalue weighted by Gasteiger charge is -2.40. The van der Waals surface area contributed by atoms with Crippen LogP contribution in [0, 0.1) is 0 Å². The second kappa shape index (κ2) is 13.5. The Kier molecular flexibility index (Phi) is 12.2. The molecule has 1 aliphatic heterocycles. The molecule has 1 heterocycles. The van der Waals surface area contributed by atoms with Gasteiger partial charge in [-0.1, -0.05) is 6.92 Å². The Morgan fingerprint density at radius 1 is 1.07 bits per heavy atom. The topological polar surface area (TPSA) is 101 Å². The van der Waals surface area contributed by atoms with E-state index in [-0.39, 0.29) is 32.5 Å². The first-order chi connectivity index (χ1) is 13.3. The number of piperazine rings is 1. The molecule has 1 aliphatic rings. The smallest absolute Gasteiger partial charge is 0.409 e. The van der Waals surface area contributed by atoms with Gasteiger partial charge in [-0.2, -0.15) is 0 Å². The molecule has 2 atom stereocenters. The van der Waals surface area contributed by atoms with Gasteiger partial charge in [-0.05, 0) is 27.4 Å². The lowest BCUT2D eigenvalue weighted by Crippen LogP contribution is -2.49. The summed E-state index contributed by atoms with van der Waals surface area (Å²) < 4.78 is 38.2. The molecule has 1 N–H and O–H groups in total. The second-order valence-corrected chi connectivity index (χ2v) is 9.22. The van der Waals surface area contributed by atoms with Crippen LogP contribution in [0.2, 0.25) is 0 Å². The number of nitrogens with zero attached hydrogens (tertiary/aromatic N) is 3. The van der Waals surface area contributed by atoms with Gasteiger partial charge in [0, 0.05) is 26.2 Å². The largest absolute Gasteiger partial charge is 0.447 e. The molecule has 10 nitrogen and oxygen atoms in total. The van der Waals surface area contributed by atoms with E-state index in [2.05, 4.69) is 0 Å². The van der Waals surface area contributed by atoms with E-state index in [9.17, 15) is 9.36 Å². The van der Waals surface area contributed by atoms with Gasteiger partial charge in [-0.3, -0.25) is 4.57 Å². The number of carbonyl (C=O) groups is 1. The van der Waals surface area contributed by atoms with E-state index in [1.54, 1.807) is 23.7 Å². The van der Waals surface area contributed by atoms with Crippen molar-refractivity contribution in [3.05, 3.63) is 0 Å². The molecule has 1 fully saturated rings. The predicted octanol–water partition coefficient (Wildman–Crippen LogP) is 1.25. The molecule has 28 heavy (non-hydrogen) atoms. The number of aliphatic hydroxyl groups excluding tert-OH is 1. The van der Waals surface area contributed by atoms with Gasteiger partial charge in [-0.15, -0.1) is 0 Å². The van der Waals surface area contributed by atoms with Crippen LogP contribution in [-0.4, -0.2) is 111 Å². The average molecular weight is 425 g/mol.